The van der Waals surface area contributed by atoms with Crippen molar-refractivity contribution >= 4 is 11.8 Å². The summed E-state index contributed by atoms with van der Waals surface area (Å²) in [7, 11) is 0. The van der Waals surface area contributed by atoms with Crippen LogP contribution in [0.1, 0.15) is 50.0 Å². The molecule has 1 fully saturated rings. The smallest absolute Gasteiger partial charge is 0.320 e. The molecular weight excluding hydrogens is 282 g/mol. The zero-order valence-electron chi connectivity index (χ0n) is 12.3. The molecule has 116 valence electrons. The Bertz CT molecular complexity index is 672. The fourth-order valence-corrected chi connectivity index (χ4v) is 3.07. The van der Waals surface area contributed by atoms with Gasteiger partial charge in [0, 0.05) is 12.6 Å². The lowest BCUT2D eigenvalue weighted by atomic mass is 9.93. The normalized spacial score (nSPS) is 21.0. The molecule has 8 heteroatoms. The van der Waals surface area contributed by atoms with E-state index < -0.39 is 0 Å². The number of fused-ring (bicyclic) bond motifs is 1. The molecule has 0 spiro atoms. The lowest BCUT2D eigenvalue weighted by Gasteiger charge is -2.28. The molecule has 2 amide bonds. The van der Waals surface area contributed by atoms with Crippen molar-refractivity contribution in [3.8, 4) is 0 Å². The maximum absolute atomic E-state index is 12.3. The van der Waals surface area contributed by atoms with Gasteiger partial charge >= 0.3 is 6.03 Å². The molecule has 0 bridgehead atoms. The number of carbonyl (C=O) groups is 1. The topological polar surface area (TPSA) is 89.7 Å². The SMILES string of the molecule is O=C(Nc1ccnn1C1CCC1)NC1CCCn2ncnc21. The first-order valence-electron chi connectivity index (χ1n) is 7.80. The van der Waals surface area contributed by atoms with E-state index in [-0.39, 0.29) is 12.1 Å². The van der Waals surface area contributed by atoms with Gasteiger partial charge in [0.25, 0.3) is 0 Å². The summed E-state index contributed by atoms with van der Waals surface area (Å²) in [4.78, 5) is 16.5. The monoisotopic (exact) mass is 301 g/mol. The molecule has 0 saturated heterocycles. The molecule has 2 aromatic heterocycles. The summed E-state index contributed by atoms with van der Waals surface area (Å²) < 4.78 is 3.76. The minimum Gasteiger partial charge on any atom is -0.328 e. The quantitative estimate of drug-likeness (QED) is 0.905. The summed E-state index contributed by atoms with van der Waals surface area (Å²) >= 11 is 0. The number of amides is 2. The summed E-state index contributed by atoms with van der Waals surface area (Å²) in [6.07, 6.45) is 8.63. The van der Waals surface area contributed by atoms with Crippen molar-refractivity contribution in [2.24, 2.45) is 0 Å². The predicted octanol–water partition coefficient (Wildman–Crippen LogP) is 1.86. The van der Waals surface area contributed by atoms with Crippen LogP contribution in [0.3, 0.4) is 0 Å². The Labute approximate surface area is 127 Å². The van der Waals surface area contributed by atoms with Crippen LogP contribution < -0.4 is 10.6 Å². The first-order valence-corrected chi connectivity index (χ1v) is 7.80. The number of hydrogen-bond acceptors (Lipinski definition) is 4. The highest BCUT2D eigenvalue weighted by Gasteiger charge is 2.26. The van der Waals surface area contributed by atoms with Crippen molar-refractivity contribution in [3.63, 3.8) is 0 Å². The van der Waals surface area contributed by atoms with Gasteiger partial charge in [0.2, 0.25) is 0 Å². The molecule has 1 aliphatic heterocycles. The van der Waals surface area contributed by atoms with Gasteiger partial charge in [0.15, 0.2) is 0 Å². The van der Waals surface area contributed by atoms with Crippen LogP contribution in [-0.2, 0) is 6.54 Å². The van der Waals surface area contributed by atoms with Crippen molar-refractivity contribution in [2.45, 2.75) is 50.7 Å². The zero-order valence-corrected chi connectivity index (χ0v) is 12.3. The number of anilines is 1. The van der Waals surface area contributed by atoms with Gasteiger partial charge in [-0.25, -0.2) is 19.1 Å². The van der Waals surface area contributed by atoms with E-state index in [1.807, 2.05) is 15.4 Å². The maximum atomic E-state index is 12.3. The molecule has 2 aromatic rings. The Hall–Kier alpha value is -2.38. The van der Waals surface area contributed by atoms with E-state index in [1.165, 1.54) is 6.42 Å². The fraction of sp³-hybridized carbons (Fsp3) is 0.571. The van der Waals surface area contributed by atoms with Crippen molar-refractivity contribution in [3.05, 3.63) is 24.4 Å². The number of carbonyl (C=O) groups excluding carboxylic acids is 1. The van der Waals surface area contributed by atoms with E-state index >= 15 is 0 Å². The van der Waals surface area contributed by atoms with Crippen LogP contribution in [0, 0.1) is 0 Å². The first-order chi connectivity index (χ1) is 10.8. The van der Waals surface area contributed by atoms with Gasteiger partial charge in [-0.05, 0) is 32.1 Å². The Kier molecular flexibility index (Phi) is 3.28. The minimum atomic E-state index is -0.220. The average Bonchev–Trinajstić information content (AvgIpc) is 3.07. The second-order valence-corrected chi connectivity index (χ2v) is 5.88. The Morgan fingerprint density at radius 3 is 2.95 bits per heavy atom. The number of aryl methyl sites for hydroxylation is 1. The Balaban J connectivity index is 1.43. The van der Waals surface area contributed by atoms with Crippen molar-refractivity contribution in [2.75, 3.05) is 5.32 Å². The zero-order chi connectivity index (χ0) is 14.9. The second kappa shape index (κ2) is 5.43. The molecule has 2 N–H and O–H groups in total. The molecule has 0 radical (unpaired) electrons. The number of urea groups is 1. The minimum absolute atomic E-state index is 0.0867. The van der Waals surface area contributed by atoms with Gasteiger partial charge in [-0.15, -0.1) is 0 Å². The molecular formula is C14H19N7O. The van der Waals surface area contributed by atoms with Gasteiger partial charge in [-0.1, -0.05) is 0 Å². The molecule has 0 aromatic carbocycles. The van der Waals surface area contributed by atoms with E-state index in [0.717, 1.165) is 43.9 Å². The third kappa shape index (κ3) is 2.34. The van der Waals surface area contributed by atoms with Gasteiger partial charge in [0.1, 0.15) is 18.0 Å². The molecule has 1 atom stereocenters. The molecule has 8 nitrogen and oxygen atoms in total. The molecule has 3 heterocycles. The number of nitrogens with zero attached hydrogens (tertiary/aromatic N) is 5. The summed E-state index contributed by atoms with van der Waals surface area (Å²) in [6.45, 7) is 0.865. The lowest BCUT2D eigenvalue weighted by molar-refractivity contribution is 0.243. The Morgan fingerprint density at radius 2 is 2.14 bits per heavy atom. The van der Waals surface area contributed by atoms with Crippen LogP contribution in [0.4, 0.5) is 10.6 Å². The van der Waals surface area contributed by atoms with Crippen LogP contribution >= 0.6 is 0 Å². The third-order valence-corrected chi connectivity index (χ3v) is 4.46. The highest BCUT2D eigenvalue weighted by molar-refractivity contribution is 5.88. The number of rotatable bonds is 3. The van der Waals surface area contributed by atoms with Crippen molar-refractivity contribution in [1.82, 2.24) is 29.9 Å². The first kappa shape index (κ1) is 13.3. The molecule has 1 saturated carbocycles. The van der Waals surface area contributed by atoms with Gasteiger partial charge in [-0.3, -0.25) is 5.32 Å². The molecule has 1 aliphatic carbocycles. The molecule has 22 heavy (non-hydrogen) atoms. The molecule has 4 rings (SSSR count). The summed E-state index contributed by atoms with van der Waals surface area (Å²) in [5.41, 5.74) is 0. The molecule has 2 aliphatic rings. The van der Waals surface area contributed by atoms with Crippen LogP contribution in [0.5, 0.6) is 0 Å². The highest BCUT2D eigenvalue weighted by atomic mass is 16.2. The number of nitrogens with one attached hydrogen (secondary N) is 2. The van der Waals surface area contributed by atoms with Gasteiger partial charge in [0.05, 0.1) is 18.3 Å². The lowest BCUT2D eigenvalue weighted by Crippen LogP contribution is -2.37. The maximum Gasteiger partial charge on any atom is 0.320 e. The summed E-state index contributed by atoms with van der Waals surface area (Å²) in [5, 5.41) is 14.4. The Morgan fingerprint density at radius 1 is 1.23 bits per heavy atom. The highest BCUT2D eigenvalue weighted by Crippen LogP contribution is 2.33. The standard InChI is InChI=1S/C14H19N7O/c22-14(18-11-5-2-8-20-13(11)15-9-17-20)19-12-6-7-16-21(12)10-3-1-4-10/h6-7,9-11H,1-5,8H2,(H2,18,19,22). The summed E-state index contributed by atoms with van der Waals surface area (Å²) in [6, 6.07) is 1.95. The average molecular weight is 301 g/mol. The van der Waals surface area contributed by atoms with Crippen LogP contribution in [-0.4, -0.2) is 30.6 Å². The van der Waals surface area contributed by atoms with Gasteiger partial charge < -0.3 is 5.32 Å². The third-order valence-electron chi connectivity index (χ3n) is 4.46. The van der Waals surface area contributed by atoms with Crippen LogP contribution in [0.2, 0.25) is 0 Å². The van der Waals surface area contributed by atoms with E-state index in [9.17, 15) is 4.79 Å². The van der Waals surface area contributed by atoms with E-state index in [1.54, 1.807) is 12.5 Å². The fourth-order valence-electron chi connectivity index (χ4n) is 3.07. The number of hydrogen-bond donors (Lipinski definition) is 2. The van der Waals surface area contributed by atoms with Crippen molar-refractivity contribution in [1.29, 1.82) is 0 Å². The largest absolute Gasteiger partial charge is 0.328 e. The molecule has 1 unspecified atom stereocenters. The summed E-state index contributed by atoms with van der Waals surface area (Å²) in [5.74, 6) is 1.58. The van der Waals surface area contributed by atoms with E-state index in [2.05, 4.69) is 25.8 Å². The van der Waals surface area contributed by atoms with Crippen molar-refractivity contribution < 1.29 is 4.79 Å². The van der Waals surface area contributed by atoms with E-state index in [0.29, 0.717) is 6.04 Å². The predicted molar refractivity (Wildman–Crippen MR) is 79.3 cm³/mol. The van der Waals surface area contributed by atoms with Gasteiger partial charge in [-0.2, -0.15) is 10.2 Å². The number of aromatic nitrogens is 5. The van der Waals surface area contributed by atoms with Crippen LogP contribution in [0.15, 0.2) is 18.6 Å². The van der Waals surface area contributed by atoms with E-state index in [4.69, 9.17) is 0 Å². The van der Waals surface area contributed by atoms with Crippen LogP contribution in [0.25, 0.3) is 0 Å². The second-order valence-electron chi connectivity index (χ2n) is 5.88.